The highest BCUT2D eigenvalue weighted by Gasteiger charge is 2.22. The van der Waals surface area contributed by atoms with Gasteiger partial charge in [-0.25, -0.2) is 9.18 Å². The largest absolute Gasteiger partial charge is 0.493 e. The zero-order chi connectivity index (χ0) is 25.9. The third-order valence-corrected chi connectivity index (χ3v) is 6.34. The van der Waals surface area contributed by atoms with Gasteiger partial charge in [0.05, 0.1) is 26.5 Å². The van der Waals surface area contributed by atoms with Gasteiger partial charge in [0.15, 0.2) is 11.5 Å². The van der Waals surface area contributed by atoms with Crippen molar-refractivity contribution in [3.8, 4) is 11.5 Å². The number of hydrogen-bond donors (Lipinski definition) is 1. The fraction of sp³-hybridized carbons (Fsp3) is 0.259. The number of carbonyl (C=O) groups is 2. The number of methoxy groups -OCH3 is 2. The van der Waals surface area contributed by atoms with E-state index in [1.165, 1.54) is 29.2 Å². The number of amides is 3. The van der Waals surface area contributed by atoms with E-state index in [1.54, 1.807) is 36.5 Å². The average Bonchev–Trinajstić information content (AvgIpc) is 3.40. The molecule has 0 fully saturated rings. The molecule has 0 bridgehead atoms. The Bertz CT molecular complexity index is 1170. The van der Waals surface area contributed by atoms with Crippen LogP contribution >= 0.6 is 11.3 Å². The van der Waals surface area contributed by atoms with Gasteiger partial charge in [0.1, 0.15) is 12.4 Å². The number of urea groups is 1. The quantitative estimate of drug-likeness (QED) is 0.340. The first-order valence-corrected chi connectivity index (χ1v) is 12.3. The molecule has 36 heavy (non-hydrogen) atoms. The molecular weight excluding hydrogens is 481 g/mol. The van der Waals surface area contributed by atoms with E-state index in [1.807, 2.05) is 35.7 Å². The lowest BCUT2D eigenvalue weighted by Gasteiger charge is -2.27. The number of anilines is 1. The molecule has 7 nitrogen and oxygen atoms in total. The first-order chi connectivity index (χ1) is 17.4. The van der Waals surface area contributed by atoms with E-state index in [4.69, 9.17) is 9.47 Å². The van der Waals surface area contributed by atoms with Crippen LogP contribution in [-0.4, -0.2) is 55.6 Å². The number of ether oxygens (including phenoxy) is 2. The van der Waals surface area contributed by atoms with Crippen molar-refractivity contribution >= 4 is 29.0 Å². The lowest BCUT2D eigenvalue weighted by Crippen LogP contribution is -2.45. The number of para-hydroxylation sites is 1. The molecule has 1 aromatic heterocycles. The smallest absolute Gasteiger partial charge is 0.322 e. The van der Waals surface area contributed by atoms with Crippen LogP contribution in [0.25, 0.3) is 0 Å². The van der Waals surface area contributed by atoms with E-state index in [0.717, 1.165) is 10.4 Å². The predicted molar refractivity (Wildman–Crippen MR) is 140 cm³/mol. The summed E-state index contributed by atoms with van der Waals surface area (Å²) in [5.41, 5.74) is 1.03. The number of thiophene rings is 1. The first-order valence-electron chi connectivity index (χ1n) is 11.4. The van der Waals surface area contributed by atoms with E-state index in [-0.39, 0.29) is 24.7 Å². The molecule has 0 aliphatic carbocycles. The number of nitrogens with one attached hydrogen (secondary N) is 1. The van der Waals surface area contributed by atoms with E-state index in [9.17, 15) is 14.0 Å². The standard InChI is InChI=1S/C27H30FN3O4S/c1-4-14-31(27(33)29-23-10-6-5-9-22(23)28)19-26(32)30(18-21-8-7-16-36-21)15-13-20-11-12-24(34-2)25(17-20)35-3/h4-12,16-17H,1,13-15,18-19H2,2-3H3,(H,29,33). The van der Waals surface area contributed by atoms with E-state index < -0.39 is 11.8 Å². The Kier molecular flexibility index (Phi) is 9.88. The molecule has 2 aromatic carbocycles. The molecule has 0 spiro atoms. The zero-order valence-electron chi connectivity index (χ0n) is 20.4. The van der Waals surface area contributed by atoms with Crippen LogP contribution < -0.4 is 14.8 Å². The summed E-state index contributed by atoms with van der Waals surface area (Å²) in [5.74, 6) is 0.473. The fourth-order valence-electron chi connectivity index (χ4n) is 3.58. The molecule has 0 aliphatic heterocycles. The van der Waals surface area contributed by atoms with Crippen molar-refractivity contribution in [2.45, 2.75) is 13.0 Å². The molecule has 1 heterocycles. The highest BCUT2D eigenvalue weighted by Crippen LogP contribution is 2.28. The lowest BCUT2D eigenvalue weighted by atomic mass is 10.1. The zero-order valence-corrected chi connectivity index (χ0v) is 21.2. The number of nitrogens with zero attached hydrogens (tertiary/aromatic N) is 2. The van der Waals surface area contributed by atoms with Gasteiger partial charge in [0, 0.05) is 18.0 Å². The monoisotopic (exact) mass is 511 g/mol. The van der Waals surface area contributed by atoms with Crippen LogP contribution in [-0.2, 0) is 17.8 Å². The van der Waals surface area contributed by atoms with Gasteiger partial charge in [-0.05, 0) is 47.7 Å². The molecule has 0 aliphatic rings. The Morgan fingerprint density at radius 1 is 1.06 bits per heavy atom. The maximum absolute atomic E-state index is 14.0. The lowest BCUT2D eigenvalue weighted by molar-refractivity contribution is -0.132. The number of halogens is 1. The van der Waals surface area contributed by atoms with Gasteiger partial charge < -0.3 is 24.6 Å². The minimum Gasteiger partial charge on any atom is -0.493 e. The molecule has 0 atom stereocenters. The van der Waals surface area contributed by atoms with E-state index in [0.29, 0.717) is 31.0 Å². The summed E-state index contributed by atoms with van der Waals surface area (Å²) in [4.78, 5) is 30.3. The van der Waals surface area contributed by atoms with Crippen molar-refractivity contribution in [1.29, 1.82) is 0 Å². The second-order valence-electron chi connectivity index (χ2n) is 7.91. The summed E-state index contributed by atoms with van der Waals surface area (Å²) in [6.07, 6.45) is 2.11. The molecule has 9 heteroatoms. The Hall–Kier alpha value is -3.85. The normalized spacial score (nSPS) is 10.4. The number of hydrogen-bond acceptors (Lipinski definition) is 5. The maximum Gasteiger partial charge on any atom is 0.322 e. The van der Waals surface area contributed by atoms with E-state index in [2.05, 4.69) is 11.9 Å². The first kappa shape index (κ1) is 26.7. The molecule has 3 amide bonds. The van der Waals surface area contributed by atoms with Crippen molar-refractivity contribution in [3.05, 3.63) is 88.9 Å². The van der Waals surface area contributed by atoms with Gasteiger partial charge in [-0.3, -0.25) is 4.79 Å². The predicted octanol–water partition coefficient (Wildman–Crippen LogP) is 5.20. The Morgan fingerprint density at radius 2 is 1.83 bits per heavy atom. The highest BCUT2D eigenvalue weighted by atomic mass is 32.1. The molecule has 1 N–H and O–H groups in total. The SMILES string of the molecule is C=CCN(CC(=O)N(CCc1ccc(OC)c(OC)c1)Cc1cccs1)C(=O)Nc1ccccc1F. The van der Waals surface area contributed by atoms with Gasteiger partial charge in [0.25, 0.3) is 0 Å². The summed E-state index contributed by atoms with van der Waals surface area (Å²) >= 11 is 1.56. The van der Waals surface area contributed by atoms with Crippen molar-refractivity contribution in [1.82, 2.24) is 9.80 Å². The van der Waals surface area contributed by atoms with Crippen molar-refractivity contribution in [3.63, 3.8) is 0 Å². The molecule has 0 radical (unpaired) electrons. The summed E-state index contributed by atoms with van der Waals surface area (Å²) in [7, 11) is 3.16. The number of carbonyl (C=O) groups excluding carboxylic acids is 2. The third kappa shape index (κ3) is 7.32. The Balaban J connectivity index is 1.73. The van der Waals surface area contributed by atoms with Crippen LogP contribution in [0.15, 0.2) is 72.6 Å². The van der Waals surface area contributed by atoms with Crippen LogP contribution in [0.4, 0.5) is 14.9 Å². The van der Waals surface area contributed by atoms with Crippen molar-refractivity contribution < 1.29 is 23.5 Å². The van der Waals surface area contributed by atoms with Crippen molar-refractivity contribution in [2.24, 2.45) is 0 Å². The molecular formula is C27H30FN3O4S. The topological polar surface area (TPSA) is 71.1 Å². The molecule has 0 saturated heterocycles. The number of rotatable bonds is 12. The van der Waals surface area contributed by atoms with Gasteiger partial charge in [0.2, 0.25) is 5.91 Å². The highest BCUT2D eigenvalue weighted by molar-refractivity contribution is 7.09. The van der Waals surface area contributed by atoms with Crippen LogP contribution in [0.3, 0.4) is 0 Å². The molecule has 3 rings (SSSR count). The average molecular weight is 512 g/mol. The summed E-state index contributed by atoms with van der Waals surface area (Å²) < 4.78 is 24.7. The third-order valence-electron chi connectivity index (χ3n) is 5.48. The maximum atomic E-state index is 14.0. The minimum absolute atomic E-state index is 0.0490. The molecule has 0 saturated carbocycles. The summed E-state index contributed by atoms with van der Waals surface area (Å²) in [6.45, 7) is 4.49. The molecule has 0 unspecified atom stereocenters. The Morgan fingerprint density at radius 3 is 2.50 bits per heavy atom. The molecule has 3 aromatic rings. The second kappa shape index (κ2) is 13.3. The Labute approximate surface area is 214 Å². The van der Waals surface area contributed by atoms with Crippen LogP contribution in [0.5, 0.6) is 11.5 Å². The summed E-state index contributed by atoms with van der Waals surface area (Å²) in [6, 6.07) is 14.9. The van der Waals surface area contributed by atoms with Crippen molar-refractivity contribution in [2.75, 3.05) is 39.2 Å². The van der Waals surface area contributed by atoms with Crippen LogP contribution in [0.1, 0.15) is 10.4 Å². The van der Waals surface area contributed by atoms with Gasteiger partial charge >= 0.3 is 6.03 Å². The van der Waals surface area contributed by atoms with Gasteiger partial charge in [-0.2, -0.15) is 0 Å². The van der Waals surface area contributed by atoms with Crippen LogP contribution in [0, 0.1) is 5.82 Å². The number of benzene rings is 2. The molecule has 190 valence electrons. The fourth-order valence-corrected chi connectivity index (χ4v) is 4.30. The second-order valence-corrected chi connectivity index (χ2v) is 8.95. The van der Waals surface area contributed by atoms with Gasteiger partial charge in [-0.1, -0.05) is 30.3 Å². The minimum atomic E-state index is -0.579. The summed E-state index contributed by atoms with van der Waals surface area (Å²) in [5, 5.41) is 4.49. The van der Waals surface area contributed by atoms with Gasteiger partial charge in [-0.15, -0.1) is 17.9 Å². The van der Waals surface area contributed by atoms with E-state index >= 15 is 0 Å². The van der Waals surface area contributed by atoms with Crippen LogP contribution in [0.2, 0.25) is 0 Å².